The van der Waals surface area contributed by atoms with Crippen molar-refractivity contribution < 1.29 is 70.7 Å². The average molecular weight is 534 g/mol. The Morgan fingerprint density at radius 2 is 1.23 bits per heavy atom. The monoisotopic (exact) mass is 534 g/mol. The van der Waals surface area contributed by atoms with Crippen LogP contribution in [0.1, 0.15) is 58.8 Å². The second-order valence-electron chi connectivity index (χ2n) is 9.89. The van der Waals surface area contributed by atoms with E-state index in [0.717, 1.165) is 0 Å². The van der Waals surface area contributed by atoms with Crippen molar-refractivity contribution >= 4 is 11.8 Å². The number of Topliss-reactive ketones (excluding diaryl/α,β-unsaturated/α-hetero) is 1. The Hall–Kier alpha value is -1.21. The van der Waals surface area contributed by atoms with Crippen molar-refractivity contribution in [1.82, 2.24) is 0 Å². The Balaban J connectivity index is 0.000000581. The number of rotatable bonds is 5. The zero-order valence-corrected chi connectivity index (χ0v) is 22.9. The number of ketones is 1. The van der Waals surface area contributed by atoms with Gasteiger partial charge in [-0.3, -0.25) is 4.79 Å². The second-order valence-corrected chi connectivity index (χ2v) is 9.89. The molecule has 1 aromatic carbocycles. The molecule has 2 aliphatic rings. The maximum Gasteiger partial charge on any atom is 0.377 e. The molecule has 0 radical (unpaired) electrons. The largest absolute Gasteiger partial charge is 0.475 e. The third-order valence-corrected chi connectivity index (χ3v) is 4.40. The van der Waals surface area contributed by atoms with Crippen molar-refractivity contribution in [3.8, 4) is 0 Å². The number of ether oxygens (including phenoxy) is 4. The number of carbonyl (C=O) groups is 2. The molecule has 198 valence electrons. The molecule has 0 aliphatic carbocycles. The number of hydrogen-bond donors (Lipinski definition) is 4. The van der Waals surface area contributed by atoms with Crippen LogP contribution in [0.3, 0.4) is 0 Å². The van der Waals surface area contributed by atoms with E-state index >= 15 is 0 Å². The first-order valence-corrected chi connectivity index (χ1v) is 11.0. The molecule has 11 heteroatoms. The van der Waals surface area contributed by atoms with Crippen LogP contribution in [0.2, 0.25) is 0 Å². The van der Waals surface area contributed by atoms with Gasteiger partial charge in [0.1, 0.15) is 24.4 Å². The van der Waals surface area contributed by atoms with Gasteiger partial charge in [-0.1, -0.05) is 30.3 Å². The topological polar surface area (TPSA) is 152 Å². The number of carboxylic acids is 1. The Labute approximate surface area is 221 Å². The molecule has 4 N–H and O–H groups in total. The summed E-state index contributed by atoms with van der Waals surface area (Å²) in [5, 5.41) is 37.0. The first kappa shape index (κ1) is 33.8. The average Bonchev–Trinajstić information content (AvgIpc) is 3.27. The minimum absolute atomic E-state index is 0. The number of aliphatic hydroxyl groups is 3. The molecule has 4 atom stereocenters. The maximum absolute atomic E-state index is 10.7. The molecular weight excluding hydrogens is 496 g/mol. The first-order valence-electron chi connectivity index (χ1n) is 11.0. The van der Waals surface area contributed by atoms with Gasteiger partial charge in [-0.25, -0.2) is 4.79 Å². The molecule has 2 heterocycles. The molecule has 35 heavy (non-hydrogen) atoms. The number of aliphatic hydroxyl groups excluding tert-OH is 2. The van der Waals surface area contributed by atoms with E-state index in [2.05, 4.69) is 0 Å². The zero-order valence-electron chi connectivity index (χ0n) is 21.3. The fraction of sp³-hybridized carbons (Fsp3) is 0.667. The van der Waals surface area contributed by atoms with Crippen LogP contribution in [0.15, 0.2) is 30.3 Å². The summed E-state index contributed by atoms with van der Waals surface area (Å²) in [4.78, 5) is 20.9. The Morgan fingerprint density at radius 3 is 1.49 bits per heavy atom. The minimum Gasteiger partial charge on any atom is -0.475 e. The van der Waals surface area contributed by atoms with Crippen LogP contribution >= 0.6 is 0 Å². The first-order chi connectivity index (χ1) is 15.4. The molecule has 0 bridgehead atoms. The van der Waals surface area contributed by atoms with Crippen molar-refractivity contribution in [1.29, 1.82) is 0 Å². The van der Waals surface area contributed by atoms with Gasteiger partial charge in [0.15, 0.2) is 11.6 Å². The fourth-order valence-electron chi connectivity index (χ4n) is 2.92. The Morgan fingerprint density at radius 1 is 0.886 bits per heavy atom. The van der Waals surface area contributed by atoms with E-state index in [4.69, 9.17) is 29.2 Å². The summed E-state index contributed by atoms with van der Waals surface area (Å²) in [6, 6.07) is 7.90. The molecule has 2 aliphatic heterocycles. The predicted molar refractivity (Wildman–Crippen MR) is 122 cm³/mol. The molecule has 1 aromatic rings. The van der Waals surface area contributed by atoms with Gasteiger partial charge in [-0.05, 0) is 48.5 Å². The molecule has 0 spiro atoms. The van der Waals surface area contributed by atoms with Crippen LogP contribution in [0.25, 0.3) is 0 Å². The van der Waals surface area contributed by atoms with Gasteiger partial charge in [-0.15, -0.1) is 0 Å². The van der Waals surface area contributed by atoms with Gasteiger partial charge in [-0.2, -0.15) is 0 Å². The van der Waals surface area contributed by atoms with Gasteiger partial charge in [0.2, 0.25) is 0 Å². The van der Waals surface area contributed by atoms with Crippen LogP contribution in [0.4, 0.5) is 0 Å². The van der Waals surface area contributed by atoms with Gasteiger partial charge in [0.05, 0.1) is 18.8 Å². The van der Waals surface area contributed by atoms with Crippen molar-refractivity contribution in [2.24, 2.45) is 0 Å². The van der Waals surface area contributed by atoms with Gasteiger partial charge >= 0.3 is 5.97 Å². The molecule has 0 amide bonds. The molecule has 10 nitrogen and oxygen atoms in total. The summed E-state index contributed by atoms with van der Waals surface area (Å²) < 4.78 is 21.8. The SMILES string of the molecule is CC(C)(C)O.CC1(C)OC[C@H]([C@@H](O)[C@H](O)[C@H]2COC(C)(C)O2)O1.O=C(O)C(=O)c1ccccc1.[Ti]. The third-order valence-electron chi connectivity index (χ3n) is 4.40. The quantitative estimate of drug-likeness (QED) is 0.250. The van der Waals surface area contributed by atoms with E-state index in [1.54, 1.807) is 66.7 Å². The molecule has 2 fully saturated rings. The van der Waals surface area contributed by atoms with Gasteiger partial charge in [0, 0.05) is 27.3 Å². The summed E-state index contributed by atoms with van der Waals surface area (Å²) in [6.45, 7) is 12.8. The molecule has 3 rings (SSSR count). The summed E-state index contributed by atoms with van der Waals surface area (Å²) >= 11 is 0. The molecule has 0 unspecified atom stereocenters. The van der Waals surface area contributed by atoms with E-state index < -0.39 is 53.3 Å². The zero-order chi connectivity index (χ0) is 26.3. The van der Waals surface area contributed by atoms with Crippen molar-refractivity contribution in [3.63, 3.8) is 0 Å². The number of benzene rings is 1. The minimum atomic E-state index is -1.42. The number of carbonyl (C=O) groups excluding carboxylic acids is 1. The van der Waals surface area contributed by atoms with Gasteiger partial charge in [0.25, 0.3) is 5.78 Å². The van der Waals surface area contributed by atoms with Crippen LogP contribution in [-0.2, 0) is 45.5 Å². The normalized spacial score (nSPS) is 23.9. The number of hydrogen-bond acceptors (Lipinski definition) is 9. The maximum atomic E-state index is 10.7. The van der Waals surface area contributed by atoms with Crippen LogP contribution < -0.4 is 0 Å². The smallest absolute Gasteiger partial charge is 0.377 e. The van der Waals surface area contributed by atoms with Crippen LogP contribution in [0.5, 0.6) is 0 Å². The van der Waals surface area contributed by atoms with Crippen molar-refractivity contribution in [2.75, 3.05) is 13.2 Å². The third kappa shape index (κ3) is 13.1. The van der Waals surface area contributed by atoms with Crippen LogP contribution in [-0.4, -0.2) is 87.0 Å². The summed E-state index contributed by atoms with van der Waals surface area (Å²) in [7, 11) is 0. The van der Waals surface area contributed by atoms with E-state index in [1.807, 2.05) is 0 Å². The standard InChI is InChI=1S/C12H22O6.C8H6O3.C4H10O.Ti/c1-11(2)15-5-7(17-11)9(13)10(14)8-6-16-12(3,4)18-8;9-7(8(10)11)6-4-2-1-3-5-6;1-4(2,3)5;/h7-10,13-14H,5-6H2,1-4H3;1-5H,(H,10,11);5H,1-3H3;/t7-,8-,9-,10-;;;/m1.../s1. The summed E-state index contributed by atoms with van der Waals surface area (Å²) in [5.41, 5.74) is -0.292. The van der Waals surface area contributed by atoms with E-state index in [0.29, 0.717) is 0 Å². The van der Waals surface area contributed by atoms with Gasteiger partial charge < -0.3 is 39.4 Å². The summed E-state index contributed by atoms with van der Waals surface area (Å²) in [6.07, 6.45) is -3.23. The van der Waals surface area contributed by atoms with Crippen molar-refractivity contribution in [2.45, 2.75) is 90.1 Å². The molecule has 2 saturated heterocycles. The van der Waals surface area contributed by atoms with Crippen molar-refractivity contribution in [3.05, 3.63) is 35.9 Å². The summed E-state index contributed by atoms with van der Waals surface area (Å²) in [5.74, 6) is -3.74. The number of carboxylic acid groups (broad SMARTS) is 1. The fourth-order valence-corrected chi connectivity index (χ4v) is 2.92. The predicted octanol–water partition coefficient (Wildman–Crippen LogP) is 1.74. The Kier molecular flexibility index (Phi) is 13.4. The van der Waals surface area contributed by atoms with E-state index in [-0.39, 0.29) is 40.5 Å². The number of aliphatic carboxylic acids is 1. The molecule has 0 saturated carbocycles. The molecular formula is C24H38O10Ti. The Bertz CT molecular complexity index is 755. The van der Waals surface area contributed by atoms with E-state index in [1.165, 1.54) is 12.1 Å². The van der Waals surface area contributed by atoms with E-state index in [9.17, 15) is 19.8 Å². The van der Waals surface area contributed by atoms with Crippen LogP contribution in [0, 0.1) is 0 Å². The molecule has 0 aromatic heterocycles. The second kappa shape index (κ2) is 13.9.